The molecule has 1 aromatic rings. The molecule has 110 valence electrons. The molecule has 0 spiro atoms. The summed E-state index contributed by atoms with van der Waals surface area (Å²) in [4.78, 5) is 14.7. The number of rotatable bonds is 4. The molecule has 1 aliphatic heterocycles. The molecule has 1 aromatic carbocycles. The van der Waals surface area contributed by atoms with E-state index < -0.39 is 0 Å². The predicted octanol–water partition coefficient (Wildman–Crippen LogP) is 2.58. The fourth-order valence-corrected chi connectivity index (χ4v) is 3.01. The first-order chi connectivity index (χ1) is 9.61. The van der Waals surface area contributed by atoms with Crippen molar-refractivity contribution in [3.63, 3.8) is 0 Å². The van der Waals surface area contributed by atoms with Crippen LogP contribution >= 0.6 is 0 Å². The lowest BCUT2D eigenvalue weighted by molar-refractivity contribution is -0.136. The van der Waals surface area contributed by atoms with Gasteiger partial charge in [0.25, 0.3) is 0 Å². The first kappa shape index (κ1) is 15.0. The molecule has 2 rings (SSSR count). The highest BCUT2D eigenvalue weighted by molar-refractivity contribution is 5.79. The summed E-state index contributed by atoms with van der Waals surface area (Å²) in [6, 6.07) is 8.46. The molecule has 0 bridgehead atoms. The highest BCUT2D eigenvalue weighted by atomic mass is 16.2. The van der Waals surface area contributed by atoms with Crippen molar-refractivity contribution in [1.82, 2.24) is 4.90 Å². The van der Waals surface area contributed by atoms with Crippen molar-refractivity contribution in [1.29, 1.82) is 0 Å². The molecule has 2 N–H and O–H groups in total. The van der Waals surface area contributed by atoms with Crippen molar-refractivity contribution in [2.45, 2.75) is 39.7 Å². The second kappa shape index (κ2) is 6.89. The van der Waals surface area contributed by atoms with Gasteiger partial charge in [-0.3, -0.25) is 4.79 Å². The van der Waals surface area contributed by atoms with E-state index >= 15 is 0 Å². The molecule has 1 aliphatic rings. The van der Waals surface area contributed by atoms with Crippen LogP contribution in [0.5, 0.6) is 0 Å². The fraction of sp³-hybridized carbons (Fsp3) is 0.588. The fourth-order valence-electron chi connectivity index (χ4n) is 3.01. The summed E-state index contributed by atoms with van der Waals surface area (Å²) >= 11 is 0. The summed E-state index contributed by atoms with van der Waals surface area (Å²) in [6.45, 7) is 6.34. The van der Waals surface area contributed by atoms with Gasteiger partial charge in [-0.05, 0) is 36.3 Å². The van der Waals surface area contributed by atoms with E-state index in [1.165, 1.54) is 11.1 Å². The Morgan fingerprint density at radius 1 is 1.30 bits per heavy atom. The summed E-state index contributed by atoms with van der Waals surface area (Å²) in [5.74, 6) is 0.713. The van der Waals surface area contributed by atoms with Crippen molar-refractivity contribution in [2.24, 2.45) is 17.6 Å². The zero-order valence-corrected chi connectivity index (χ0v) is 12.6. The van der Waals surface area contributed by atoms with Crippen LogP contribution in [0.2, 0.25) is 0 Å². The van der Waals surface area contributed by atoms with Crippen LogP contribution in [-0.4, -0.2) is 23.9 Å². The van der Waals surface area contributed by atoms with Crippen molar-refractivity contribution < 1.29 is 4.79 Å². The predicted molar refractivity (Wildman–Crippen MR) is 82.2 cm³/mol. The SMILES string of the molecule is CC(C)CC(CN)C(=O)N1CCCc2ccccc2C1. The third-order valence-corrected chi connectivity index (χ3v) is 4.06. The second-order valence-corrected chi connectivity index (χ2v) is 6.19. The lowest BCUT2D eigenvalue weighted by atomic mass is 9.95. The molecule has 0 saturated heterocycles. The topological polar surface area (TPSA) is 46.3 Å². The quantitative estimate of drug-likeness (QED) is 0.917. The molecule has 0 fully saturated rings. The van der Waals surface area contributed by atoms with Crippen LogP contribution in [0, 0.1) is 11.8 Å². The molecule has 1 amide bonds. The number of amides is 1. The Bertz CT molecular complexity index is 456. The van der Waals surface area contributed by atoms with Crippen LogP contribution in [0.4, 0.5) is 0 Å². The Kier molecular flexibility index (Phi) is 5.18. The van der Waals surface area contributed by atoms with Gasteiger partial charge >= 0.3 is 0 Å². The molecule has 0 aromatic heterocycles. The monoisotopic (exact) mass is 274 g/mol. The number of hydrogen-bond acceptors (Lipinski definition) is 2. The maximum atomic E-state index is 12.7. The summed E-state index contributed by atoms with van der Waals surface area (Å²) in [5, 5.41) is 0. The summed E-state index contributed by atoms with van der Waals surface area (Å²) in [7, 11) is 0. The molecule has 3 heteroatoms. The number of benzene rings is 1. The number of nitrogens with two attached hydrogens (primary N) is 1. The van der Waals surface area contributed by atoms with Crippen LogP contribution in [0.15, 0.2) is 24.3 Å². The third kappa shape index (κ3) is 3.60. The molecule has 1 atom stereocenters. The van der Waals surface area contributed by atoms with E-state index in [0.717, 1.165) is 32.4 Å². The van der Waals surface area contributed by atoms with Crippen LogP contribution in [0.1, 0.15) is 37.8 Å². The smallest absolute Gasteiger partial charge is 0.227 e. The Labute approximate surface area is 122 Å². The van der Waals surface area contributed by atoms with Gasteiger partial charge in [-0.15, -0.1) is 0 Å². The molecular weight excluding hydrogens is 248 g/mol. The van der Waals surface area contributed by atoms with Gasteiger partial charge in [-0.1, -0.05) is 38.1 Å². The van der Waals surface area contributed by atoms with Gasteiger partial charge in [0.1, 0.15) is 0 Å². The van der Waals surface area contributed by atoms with Gasteiger partial charge in [0.15, 0.2) is 0 Å². The Morgan fingerprint density at radius 3 is 2.65 bits per heavy atom. The third-order valence-electron chi connectivity index (χ3n) is 4.06. The molecule has 1 heterocycles. The molecule has 0 aliphatic carbocycles. The number of nitrogens with zero attached hydrogens (tertiary/aromatic N) is 1. The van der Waals surface area contributed by atoms with Crippen molar-refractivity contribution in [3.05, 3.63) is 35.4 Å². The molecule has 20 heavy (non-hydrogen) atoms. The van der Waals surface area contributed by atoms with Gasteiger partial charge in [0, 0.05) is 19.6 Å². The molecule has 0 radical (unpaired) electrons. The minimum Gasteiger partial charge on any atom is -0.338 e. The van der Waals surface area contributed by atoms with Gasteiger partial charge < -0.3 is 10.6 Å². The highest BCUT2D eigenvalue weighted by Gasteiger charge is 2.25. The largest absolute Gasteiger partial charge is 0.338 e. The van der Waals surface area contributed by atoms with Crippen LogP contribution in [0.3, 0.4) is 0 Å². The van der Waals surface area contributed by atoms with E-state index in [0.29, 0.717) is 12.5 Å². The van der Waals surface area contributed by atoms with E-state index in [-0.39, 0.29) is 11.8 Å². The molecular formula is C17H26N2O. The Balaban J connectivity index is 2.10. The van der Waals surface area contributed by atoms with E-state index in [4.69, 9.17) is 5.73 Å². The highest BCUT2D eigenvalue weighted by Crippen LogP contribution is 2.21. The number of carbonyl (C=O) groups excluding carboxylic acids is 1. The standard InChI is InChI=1S/C17H26N2O/c1-13(2)10-16(11-18)17(20)19-9-5-8-14-6-3-4-7-15(14)12-19/h3-4,6-7,13,16H,5,8-12,18H2,1-2H3. The normalized spacial score (nSPS) is 16.7. The summed E-state index contributed by atoms with van der Waals surface area (Å²) in [6.07, 6.45) is 2.99. The number of hydrogen-bond donors (Lipinski definition) is 1. The minimum atomic E-state index is -0.0275. The van der Waals surface area contributed by atoms with Crippen LogP contribution in [0.25, 0.3) is 0 Å². The van der Waals surface area contributed by atoms with Gasteiger partial charge in [-0.2, -0.15) is 0 Å². The van der Waals surface area contributed by atoms with Crippen molar-refractivity contribution in [3.8, 4) is 0 Å². The minimum absolute atomic E-state index is 0.0275. The lowest BCUT2D eigenvalue weighted by Gasteiger charge is -2.26. The Morgan fingerprint density at radius 2 is 2.00 bits per heavy atom. The molecule has 0 saturated carbocycles. The van der Waals surface area contributed by atoms with Gasteiger partial charge in [0.05, 0.1) is 5.92 Å². The molecule has 3 nitrogen and oxygen atoms in total. The van der Waals surface area contributed by atoms with Gasteiger partial charge in [-0.25, -0.2) is 0 Å². The van der Waals surface area contributed by atoms with Crippen LogP contribution in [-0.2, 0) is 17.8 Å². The maximum absolute atomic E-state index is 12.7. The first-order valence-electron chi connectivity index (χ1n) is 7.67. The zero-order valence-electron chi connectivity index (χ0n) is 12.6. The Hall–Kier alpha value is -1.35. The zero-order chi connectivity index (χ0) is 14.5. The number of fused-ring (bicyclic) bond motifs is 1. The summed E-state index contributed by atoms with van der Waals surface area (Å²) < 4.78 is 0. The van der Waals surface area contributed by atoms with Crippen molar-refractivity contribution >= 4 is 5.91 Å². The number of carbonyl (C=O) groups is 1. The average molecular weight is 274 g/mol. The second-order valence-electron chi connectivity index (χ2n) is 6.19. The lowest BCUT2D eigenvalue weighted by Crippen LogP contribution is -2.39. The maximum Gasteiger partial charge on any atom is 0.227 e. The summed E-state index contributed by atoms with van der Waals surface area (Å²) in [5.41, 5.74) is 8.49. The van der Waals surface area contributed by atoms with Gasteiger partial charge in [0.2, 0.25) is 5.91 Å². The van der Waals surface area contributed by atoms with E-state index in [9.17, 15) is 4.79 Å². The molecule has 1 unspecified atom stereocenters. The van der Waals surface area contributed by atoms with Crippen LogP contribution < -0.4 is 5.73 Å². The average Bonchev–Trinajstić information content (AvgIpc) is 2.65. The number of aryl methyl sites for hydroxylation is 1. The van der Waals surface area contributed by atoms with E-state index in [1.807, 2.05) is 4.90 Å². The van der Waals surface area contributed by atoms with Crippen molar-refractivity contribution in [2.75, 3.05) is 13.1 Å². The van der Waals surface area contributed by atoms with E-state index in [1.54, 1.807) is 0 Å². The first-order valence-corrected chi connectivity index (χ1v) is 7.67. The van der Waals surface area contributed by atoms with E-state index in [2.05, 4.69) is 38.1 Å².